The largest absolute Gasteiger partial charge is 0.496 e. The SMILES string of the molecule is COc1ccccc1-c1noc(-c2ccccc2C(=O)NCC(C)C)n1. The monoisotopic (exact) mass is 351 g/mol. The number of nitrogens with one attached hydrogen (secondary N) is 1. The molecule has 3 aromatic rings. The molecule has 3 rings (SSSR count). The summed E-state index contributed by atoms with van der Waals surface area (Å²) in [6.45, 7) is 4.69. The van der Waals surface area contributed by atoms with Crippen LogP contribution in [0.5, 0.6) is 5.75 Å². The van der Waals surface area contributed by atoms with Crippen LogP contribution in [-0.4, -0.2) is 29.7 Å². The average Bonchev–Trinajstić information content (AvgIpc) is 3.16. The number of carbonyl (C=O) groups excluding carboxylic acids is 1. The van der Waals surface area contributed by atoms with E-state index in [2.05, 4.69) is 15.5 Å². The molecular formula is C20H21N3O3. The number of hydrogen-bond donors (Lipinski definition) is 1. The predicted molar refractivity (Wildman–Crippen MR) is 98.9 cm³/mol. The maximum absolute atomic E-state index is 12.5. The highest BCUT2D eigenvalue weighted by Gasteiger charge is 2.19. The molecule has 6 heteroatoms. The summed E-state index contributed by atoms with van der Waals surface area (Å²) in [6, 6.07) is 14.6. The van der Waals surface area contributed by atoms with Gasteiger partial charge in [0.15, 0.2) is 0 Å². The van der Waals surface area contributed by atoms with Crippen molar-refractivity contribution in [2.24, 2.45) is 5.92 Å². The first kappa shape index (κ1) is 17.7. The van der Waals surface area contributed by atoms with Gasteiger partial charge in [0.1, 0.15) is 5.75 Å². The minimum absolute atomic E-state index is 0.161. The average molecular weight is 351 g/mol. The van der Waals surface area contributed by atoms with Crippen LogP contribution in [0.25, 0.3) is 22.8 Å². The third kappa shape index (κ3) is 3.74. The lowest BCUT2D eigenvalue weighted by Crippen LogP contribution is -2.27. The van der Waals surface area contributed by atoms with Gasteiger partial charge in [-0.15, -0.1) is 0 Å². The molecule has 0 aliphatic heterocycles. The Labute approximate surface area is 152 Å². The van der Waals surface area contributed by atoms with Crippen LogP contribution < -0.4 is 10.1 Å². The fraction of sp³-hybridized carbons (Fsp3) is 0.250. The van der Waals surface area contributed by atoms with Crippen LogP contribution >= 0.6 is 0 Å². The molecule has 0 unspecified atom stereocenters. The summed E-state index contributed by atoms with van der Waals surface area (Å²) < 4.78 is 10.8. The molecule has 26 heavy (non-hydrogen) atoms. The molecule has 0 aliphatic carbocycles. The minimum atomic E-state index is -0.161. The van der Waals surface area contributed by atoms with Crippen molar-refractivity contribution < 1.29 is 14.1 Å². The van der Waals surface area contributed by atoms with Crippen molar-refractivity contribution in [1.29, 1.82) is 0 Å². The fourth-order valence-electron chi connectivity index (χ4n) is 2.53. The van der Waals surface area contributed by atoms with E-state index in [4.69, 9.17) is 9.26 Å². The molecule has 0 spiro atoms. The van der Waals surface area contributed by atoms with Crippen molar-refractivity contribution in [2.45, 2.75) is 13.8 Å². The first-order valence-corrected chi connectivity index (χ1v) is 8.45. The molecule has 0 radical (unpaired) electrons. The summed E-state index contributed by atoms with van der Waals surface area (Å²) in [4.78, 5) is 17.0. The molecule has 6 nitrogen and oxygen atoms in total. The molecule has 134 valence electrons. The van der Waals surface area contributed by atoms with Gasteiger partial charge in [-0.1, -0.05) is 43.3 Å². The third-order valence-corrected chi connectivity index (χ3v) is 3.85. The van der Waals surface area contributed by atoms with Crippen LogP contribution in [0.15, 0.2) is 53.1 Å². The standard InChI is InChI=1S/C20H21N3O3/c1-13(2)12-21-19(24)14-8-4-5-9-15(14)20-22-18(23-26-20)16-10-6-7-11-17(16)25-3/h4-11,13H,12H2,1-3H3,(H,21,24). The maximum atomic E-state index is 12.5. The predicted octanol–water partition coefficient (Wildman–Crippen LogP) is 3.80. The van der Waals surface area contributed by atoms with E-state index in [1.807, 2.05) is 50.2 Å². The highest BCUT2D eigenvalue weighted by molar-refractivity contribution is 6.00. The molecule has 1 aromatic heterocycles. The number of methoxy groups -OCH3 is 1. The van der Waals surface area contributed by atoms with Gasteiger partial charge in [-0.3, -0.25) is 4.79 Å². The second kappa shape index (κ2) is 7.82. The lowest BCUT2D eigenvalue weighted by Gasteiger charge is -2.09. The van der Waals surface area contributed by atoms with E-state index in [1.54, 1.807) is 19.2 Å². The number of nitrogens with zero attached hydrogens (tertiary/aromatic N) is 2. The Hall–Kier alpha value is -3.15. The van der Waals surface area contributed by atoms with Crippen LogP contribution in [0.1, 0.15) is 24.2 Å². The van der Waals surface area contributed by atoms with Crippen LogP contribution in [-0.2, 0) is 0 Å². The Morgan fingerprint density at radius 2 is 1.81 bits per heavy atom. The molecule has 0 fully saturated rings. The topological polar surface area (TPSA) is 77.2 Å². The number of ether oxygens (including phenoxy) is 1. The van der Waals surface area contributed by atoms with Crippen LogP contribution in [0.3, 0.4) is 0 Å². The second-order valence-electron chi connectivity index (χ2n) is 6.27. The van der Waals surface area contributed by atoms with Gasteiger partial charge < -0.3 is 14.6 Å². The van der Waals surface area contributed by atoms with Gasteiger partial charge in [0.2, 0.25) is 5.82 Å². The van der Waals surface area contributed by atoms with Crippen molar-refractivity contribution in [2.75, 3.05) is 13.7 Å². The highest BCUT2D eigenvalue weighted by atomic mass is 16.5. The Morgan fingerprint density at radius 1 is 1.12 bits per heavy atom. The highest BCUT2D eigenvalue weighted by Crippen LogP contribution is 2.30. The third-order valence-electron chi connectivity index (χ3n) is 3.85. The summed E-state index contributed by atoms with van der Waals surface area (Å²) >= 11 is 0. The van der Waals surface area contributed by atoms with Crippen LogP contribution in [0.2, 0.25) is 0 Å². The first-order valence-electron chi connectivity index (χ1n) is 8.45. The lowest BCUT2D eigenvalue weighted by atomic mass is 10.1. The van der Waals surface area contributed by atoms with Gasteiger partial charge in [0, 0.05) is 6.54 Å². The molecular weight excluding hydrogens is 330 g/mol. The summed E-state index contributed by atoms with van der Waals surface area (Å²) in [7, 11) is 1.59. The van der Waals surface area contributed by atoms with Crippen LogP contribution in [0.4, 0.5) is 0 Å². The van der Waals surface area contributed by atoms with Gasteiger partial charge in [-0.25, -0.2) is 0 Å². The molecule has 0 saturated carbocycles. The number of aromatic nitrogens is 2. The Bertz CT molecular complexity index is 903. The zero-order chi connectivity index (χ0) is 18.5. The van der Waals surface area contributed by atoms with Gasteiger partial charge >= 0.3 is 0 Å². The minimum Gasteiger partial charge on any atom is -0.496 e. The first-order chi connectivity index (χ1) is 12.6. The fourth-order valence-corrected chi connectivity index (χ4v) is 2.53. The Balaban J connectivity index is 1.94. The van der Waals surface area contributed by atoms with E-state index < -0.39 is 0 Å². The van der Waals surface area contributed by atoms with Gasteiger partial charge in [0.05, 0.1) is 23.8 Å². The van der Waals surface area contributed by atoms with Crippen molar-refractivity contribution in [1.82, 2.24) is 15.5 Å². The number of amides is 1. The van der Waals surface area contributed by atoms with E-state index in [0.29, 0.717) is 41.1 Å². The number of carbonyl (C=O) groups is 1. The lowest BCUT2D eigenvalue weighted by molar-refractivity contribution is 0.0949. The number of para-hydroxylation sites is 1. The number of benzene rings is 2. The van der Waals surface area contributed by atoms with E-state index >= 15 is 0 Å². The van der Waals surface area contributed by atoms with Crippen molar-refractivity contribution in [3.8, 4) is 28.6 Å². The quantitative estimate of drug-likeness (QED) is 0.731. The van der Waals surface area contributed by atoms with E-state index in [-0.39, 0.29) is 5.91 Å². The molecule has 1 heterocycles. The smallest absolute Gasteiger partial charge is 0.259 e. The van der Waals surface area contributed by atoms with Crippen LogP contribution in [0, 0.1) is 5.92 Å². The zero-order valence-electron chi connectivity index (χ0n) is 15.0. The summed E-state index contributed by atoms with van der Waals surface area (Å²) in [5.74, 6) is 1.57. The second-order valence-corrected chi connectivity index (χ2v) is 6.27. The molecule has 2 aromatic carbocycles. The molecule has 0 atom stereocenters. The molecule has 1 N–H and O–H groups in total. The number of hydrogen-bond acceptors (Lipinski definition) is 5. The van der Waals surface area contributed by atoms with E-state index in [1.165, 1.54) is 0 Å². The summed E-state index contributed by atoms with van der Waals surface area (Å²) in [5, 5.41) is 6.96. The molecule has 0 bridgehead atoms. The van der Waals surface area contributed by atoms with Crippen molar-refractivity contribution in [3.05, 3.63) is 54.1 Å². The normalized spacial score (nSPS) is 10.8. The number of rotatable bonds is 6. The van der Waals surface area contributed by atoms with Crippen molar-refractivity contribution in [3.63, 3.8) is 0 Å². The Morgan fingerprint density at radius 3 is 2.54 bits per heavy atom. The van der Waals surface area contributed by atoms with Gasteiger partial charge in [-0.05, 0) is 30.2 Å². The molecule has 0 saturated heterocycles. The summed E-state index contributed by atoms with van der Waals surface area (Å²) in [5.41, 5.74) is 1.83. The van der Waals surface area contributed by atoms with Gasteiger partial charge in [0.25, 0.3) is 11.8 Å². The van der Waals surface area contributed by atoms with Gasteiger partial charge in [-0.2, -0.15) is 4.98 Å². The van der Waals surface area contributed by atoms with E-state index in [9.17, 15) is 4.79 Å². The Kier molecular flexibility index (Phi) is 5.31. The maximum Gasteiger partial charge on any atom is 0.259 e. The van der Waals surface area contributed by atoms with Crippen molar-refractivity contribution >= 4 is 5.91 Å². The summed E-state index contributed by atoms with van der Waals surface area (Å²) in [6.07, 6.45) is 0. The molecule has 1 amide bonds. The zero-order valence-corrected chi connectivity index (χ0v) is 15.0. The van der Waals surface area contributed by atoms with E-state index in [0.717, 1.165) is 5.56 Å². The molecule has 0 aliphatic rings.